The topological polar surface area (TPSA) is 69.6 Å². The summed E-state index contributed by atoms with van der Waals surface area (Å²) in [6.07, 6.45) is 1.61. The number of carbonyl (C=O) groups is 2. The molecule has 0 aromatic carbocycles. The van der Waals surface area contributed by atoms with E-state index in [-0.39, 0.29) is 17.9 Å². The number of nitrogens with one attached hydrogen (secondary N) is 1. The Bertz CT molecular complexity index is 305. The van der Waals surface area contributed by atoms with Gasteiger partial charge in [0.2, 0.25) is 5.91 Å². The fourth-order valence-corrected chi connectivity index (χ4v) is 2.30. The van der Waals surface area contributed by atoms with E-state index in [2.05, 4.69) is 19.2 Å². The number of rotatable bonds is 6. The molecular weight excluding hydrogens is 232 g/mol. The summed E-state index contributed by atoms with van der Waals surface area (Å²) in [4.78, 5) is 24.6. The Kier molecular flexibility index (Phi) is 5.59. The lowest BCUT2D eigenvalue weighted by molar-refractivity contribution is -0.142. The van der Waals surface area contributed by atoms with Gasteiger partial charge in [-0.15, -0.1) is 0 Å². The van der Waals surface area contributed by atoms with Crippen molar-refractivity contribution in [3.05, 3.63) is 0 Å². The van der Waals surface area contributed by atoms with Gasteiger partial charge < -0.3 is 10.4 Å². The molecule has 1 saturated heterocycles. The number of nitrogens with zero attached hydrogens (tertiary/aromatic N) is 1. The molecule has 1 rings (SSSR count). The van der Waals surface area contributed by atoms with E-state index < -0.39 is 5.97 Å². The zero-order valence-corrected chi connectivity index (χ0v) is 11.5. The van der Waals surface area contributed by atoms with Crippen molar-refractivity contribution in [2.45, 2.75) is 39.7 Å². The maximum Gasteiger partial charge on any atom is 0.308 e. The zero-order chi connectivity index (χ0) is 13.7. The molecule has 0 saturated carbocycles. The summed E-state index contributed by atoms with van der Waals surface area (Å²) < 4.78 is 0. The van der Waals surface area contributed by atoms with Crippen molar-refractivity contribution in [1.29, 1.82) is 0 Å². The first-order valence-corrected chi connectivity index (χ1v) is 6.65. The molecule has 104 valence electrons. The van der Waals surface area contributed by atoms with Crippen LogP contribution >= 0.6 is 0 Å². The van der Waals surface area contributed by atoms with E-state index in [1.807, 2.05) is 11.8 Å². The lowest BCUT2D eigenvalue weighted by Crippen LogP contribution is -2.41. The van der Waals surface area contributed by atoms with Gasteiger partial charge in [-0.3, -0.25) is 14.5 Å². The molecule has 1 aliphatic rings. The molecule has 2 unspecified atom stereocenters. The normalized spacial score (nSPS) is 24.4. The van der Waals surface area contributed by atoms with Gasteiger partial charge in [-0.2, -0.15) is 0 Å². The summed E-state index contributed by atoms with van der Waals surface area (Å²) >= 11 is 0. The molecular formula is C13H24N2O3. The highest BCUT2D eigenvalue weighted by molar-refractivity contribution is 5.78. The van der Waals surface area contributed by atoms with Gasteiger partial charge in [0.1, 0.15) is 0 Å². The van der Waals surface area contributed by atoms with E-state index in [4.69, 9.17) is 5.11 Å². The average Bonchev–Trinajstić information content (AvgIpc) is 2.60. The van der Waals surface area contributed by atoms with Gasteiger partial charge in [0.15, 0.2) is 0 Å². The van der Waals surface area contributed by atoms with Crippen molar-refractivity contribution >= 4 is 11.9 Å². The van der Waals surface area contributed by atoms with Gasteiger partial charge in [0.25, 0.3) is 0 Å². The minimum Gasteiger partial charge on any atom is -0.481 e. The van der Waals surface area contributed by atoms with Crippen LogP contribution in [-0.4, -0.2) is 47.6 Å². The maximum atomic E-state index is 11.7. The first-order valence-electron chi connectivity index (χ1n) is 6.65. The van der Waals surface area contributed by atoms with Crippen LogP contribution in [0.15, 0.2) is 0 Å². The van der Waals surface area contributed by atoms with Crippen LogP contribution in [0.4, 0.5) is 0 Å². The van der Waals surface area contributed by atoms with Gasteiger partial charge >= 0.3 is 5.97 Å². The highest BCUT2D eigenvalue weighted by Crippen LogP contribution is 2.23. The number of carboxylic acid groups (broad SMARTS) is 1. The standard InChI is InChI=1S/C13H24N2O3/c1-9(2)4-6-14-12(16)8-15-7-5-11(10(15)3)13(17)18/h9-11H,4-8H2,1-3H3,(H,14,16)(H,17,18). The fraction of sp³-hybridized carbons (Fsp3) is 0.846. The number of carboxylic acids is 1. The predicted octanol–water partition coefficient (Wildman–Crippen LogP) is 0.944. The van der Waals surface area contributed by atoms with Crippen LogP contribution in [0.25, 0.3) is 0 Å². The van der Waals surface area contributed by atoms with Crippen LogP contribution in [0, 0.1) is 11.8 Å². The lowest BCUT2D eigenvalue weighted by Gasteiger charge is -2.22. The van der Waals surface area contributed by atoms with E-state index in [1.54, 1.807) is 0 Å². The van der Waals surface area contributed by atoms with Crippen molar-refractivity contribution in [2.75, 3.05) is 19.6 Å². The van der Waals surface area contributed by atoms with Crippen LogP contribution < -0.4 is 5.32 Å². The summed E-state index contributed by atoms with van der Waals surface area (Å²) in [6.45, 7) is 7.81. The highest BCUT2D eigenvalue weighted by Gasteiger charge is 2.36. The third kappa shape index (κ3) is 4.29. The van der Waals surface area contributed by atoms with Crippen molar-refractivity contribution in [2.24, 2.45) is 11.8 Å². The first-order chi connectivity index (χ1) is 8.41. The molecule has 0 bridgehead atoms. The third-order valence-corrected chi connectivity index (χ3v) is 3.59. The summed E-state index contributed by atoms with van der Waals surface area (Å²) in [7, 11) is 0. The zero-order valence-electron chi connectivity index (χ0n) is 11.5. The van der Waals surface area contributed by atoms with E-state index >= 15 is 0 Å². The molecule has 18 heavy (non-hydrogen) atoms. The van der Waals surface area contributed by atoms with Gasteiger partial charge in [0.05, 0.1) is 12.5 Å². The molecule has 0 aliphatic carbocycles. The number of amides is 1. The Balaban J connectivity index is 2.31. The van der Waals surface area contributed by atoms with Crippen molar-refractivity contribution < 1.29 is 14.7 Å². The average molecular weight is 256 g/mol. The van der Waals surface area contributed by atoms with E-state index in [9.17, 15) is 9.59 Å². The van der Waals surface area contributed by atoms with E-state index in [0.717, 1.165) is 6.42 Å². The predicted molar refractivity (Wildman–Crippen MR) is 69.2 cm³/mol. The SMILES string of the molecule is CC(C)CCNC(=O)CN1CCC(C(=O)O)C1C. The molecule has 0 aromatic heterocycles. The molecule has 0 spiro atoms. The van der Waals surface area contributed by atoms with Gasteiger partial charge in [-0.05, 0) is 32.2 Å². The number of likely N-dealkylation sites (tertiary alicyclic amines) is 1. The molecule has 1 aliphatic heterocycles. The van der Waals surface area contributed by atoms with E-state index in [1.165, 1.54) is 0 Å². The summed E-state index contributed by atoms with van der Waals surface area (Å²) in [5, 5.41) is 11.9. The van der Waals surface area contributed by atoms with Crippen molar-refractivity contribution in [3.8, 4) is 0 Å². The lowest BCUT2D eigenvalue weighted by atomic mass is 10.0. The Morgan fingerprint density at radius 3 is 2.61 bits per heavy atom. The number of carbonyl (C=O) groups excluding carboxylic acids is 1. The molecule has 1 amide bonds. The largest absolute Gasteiger partial charge is 0.481 e. The van der Waals surface area contributed by atoms with Crippen LogP contribution in [0.2, 0.25) is 0 Å². The number of aliphatic carboxylic acids is 1. The Morgan fingerprint density at radius 1 is 1.44 bits per heavy atom. The molecule has 1 fully saturated rings. The second-order valence-electron chi connectivity index (χ2n) is 5.48. The third-order valence-electron chi connectivity index (χ3n) is 3.59. The Hall–Kier alpha value is -1.10. The van der Waals surface area contributed by atoms with Gasteiger partial charge in [-0.1, -0.05) is 13.8 Å². The number of hydrogen-bond donors (Lipinski definition) is 2. The summed E-state index contributed by atoms with van der Waals surface area (Å²) in [5.41, 5.74) is 0. The molecule has 2 N–H and O–H groups in total. The van der Waals surface area contributed by atoms with Crippen molar-refractivity contribution in [3.63, 3.8) is 0 Å². The van der Waals surface area contributed by atoms with Crippen molar-refractivity contribution in [1.82, 2.24) is 10.2 Å². The van der Waals surface area contributed by atoms with Crippen LogP contribution in [0.1, 0.15) is 33.6 Å². The minimum absolute atomic E-state index is 0.00598. The monoisotopic (exact) mass is 256 g/mol. The highest BCUT2D eigenvalue weighted by atomic mass is 16.4. The molecule has 1 heterocycles. The second-order valence-corrected chi connectivity index (χ2v) is 5.48. The summed E-state index contributed by atoms with van der Waals surface area (Å²) in [6, 6.07) is -0.0571. The molecule has 0 aromatic rings. The minimum atomic E-state index is -0.759. The maximum absolute atomic E-state index is 11.7. The Morgan fingerprint density at radius 2 is 2.11 bits per heavy atom. The molecule has 2 atom stereocenters. The second kappa shape index (κ2) is 6.73. The van der Waals surface area contributed by atoms with Gasteiger partial charge in [-0.25, -0.2) is 0 Å². The first kappa shape index (κ1) is 15.0. The van der Waals surface area contributed by atoms with Crippen LogP contribution in [0.5, 0.6) is 0 Å². The Labute approximate surface area is 109 Å². The van der Waals surface area contributed by atoms with Crippen LogP contribution in [-0.2, 0) is 9.59 Å². The number of hydrogen-bond acceptors (Lipinski definition) is 3. The van der Waals surface area contributed by atoms with Gasteiger partial charge in [0, 0.05) is 12.6 Å². The smallest absolute Gasteiger partial charge is 0.308 e. The molecule has 0 radical (unpaired) electrons. The van der Waals surface area contributed by atoms with Crippen LogP contribution in [0.3, 0.4) is 0 Å². The summed E-state index contributed by atoms with van der Waals surface area (Å²) in [5.74, 6) is -0.528. The fourth-order valence-electron chi connectivity index (χ4n) is 2.30. The molecule has 5 heteroatoms. The van der Waals surface area contributed by atoms with E-state index in [0.29, 0.717) is 32.0 Å². The quantitative estimate of drug-likeness (QED) is 0.742. The molecule has 5 nitrogen and oxygen atoms in total.